The van der Waals surface area contributed by atoms with Crippen LogP contribution in [0.3, 0.4) is 0 Å². The second kappa shape index (κ2) is 7.49. The van der Waals surface area contributed by atoms with Gasteiger partial charge in [-0.25, -0.2) is 8.78 Å². The zero-order chi connectivity index (χ0) is 13.5. The van der Waals surface area contributed by atoms with Crippen LogP contribution >= 0.6 is 11.6 Å². The minimum Gasteiger partial charge on any atom is -0.310 e. The molecular weight excluding hydrogens is 256 g/mol. The van der Waals surface area contributed by atoms with Gasteiger partial charge in [0.2, 0.25) is 0 Å². The van der Waals surface area contributed by atoms with Crippen LogP contribution in [0.2, 0.25) is 5.02 Å². The smallest absolute Gasteiger partial charge is 0.142 e. The average Bonchev–Trinajstić information content (AvgIpc) is 2.35. The van der Waals surface area contributed by atoms with E-state index in [1.54, 1.807) is 6.08 Å². The standard InChI is InChI=1S/C14H18ClF2N/c1-3-5-6-14(18-7-4-2)10-8-13(17)11(15)9-12(10)16/h3,8-9,14,18H,1,4-7H2,2H3. The lowest BCUT2D eigenvalue weighted by atomic mass is 10.0. The molecule has 0 saturated carbocycles. The summed E-state index contributed by atoms with van der Waals surface area (Å²) in [5.41, 5.74) is 0.326. The van der Waals surface area contributed by atoms with Crippen molar-refractivity contribution < 1.29 is 8.78 Å². The Hall–Kier alpha value is -0.930. The fraction of sp³-hybridized carbons (Fsp3) is 0.429. The molecule has 1 unspecified atom stereocenters. The van der Waals surface area contributed by atoms with Crippen LogP contribution in [0.25, 0.3) is 0 Å². The highest BCUT2D eigenvalue weighted by molar-refractivity contribution is 6.30. The predicted octanol–water partition coefficient (Wildman–Crippen LogP) is 4.63. The van der Waals surface area contributed by atoms with E-state index in [2.05, 4.69) is 11.9 Å². The molecule has 0 amide bonds. The number of benzene rings is 1. The number of halogens is 3. The first kappa shape index (κ1) is 15.1. The van der Waals surface area contributed by atoms with Crippen molar-refractivity contribution >= 4 is 11.6 Å². The average molecular weight is 274 g/mol. The molecule has 0 saturated heterocycles. The summed E-state index contributed by atoms with van der Waals surface area (Å²) < 4.78 is 27.2. The third-order valence-corrected chi connectivity index (χ3v) is 3.00. The van der Waals surface area contributed by atoms with Crippen LogP contribution in [-0.2, 0) is 0 Å². The van der Waals surface area contributed by atoms with Crippen molar-refractivity contribution in [1.82, 2.24) is 5.32 Å². The van der Waals surface area contributed by atoms with Crippen molar-refractivity contribution in [2.75, 3.05) is 6.54 Å². The molecule has 1 N–H and O–H groups in total. The van der Waals surface area contributed by atoms with E-state index in [1.807, 2.05) is 6.92 Å². The molecule has 0 aliphatic carbocycles. The molecular formula is C14H18ClF2N. The SMILES string of the molecule is C=CCCC(NCCC)c1cc(F)c(Cl)cc1F. The van der Waals surface area contributed by atoms with Gasteiger partial charge in [0.1, 0.15) is 11.6 Å². The summed E-state index contributed by atoms with van der Waals surface area (Å²) in [7, 11) is 0. The molecule has 1 nitrogen and oxygen atoms in total. The maximum Gasteiger partial charge on any atom is 0.142 e. The summed E-state index contributed by atoms with van der Waals surface area (Å²) >= 11 is 5.55. The van der Waals surface area contributed by atoms with E-state index in [0.29, 0.717) is 12.0 Å². The molecule has 1 aromatic rings. The van der Waals surface area contributed by atoms with Gasteiger partial charge in [0.05, 0.1) is 5.02 Å². The normalized spacial score (nSPS) is 12.4. The number of rotatable bonds is 7. The van der Waals surface area contributed by atoms with Crippen molar-refractivity contribution in [3.05, 3.63) is 47.0 Å². The van der Waals surface area contributed by atoms with E-state index in [0.717, 1.165) is 25.5 Å². The first-order chi connectivity index (χ1) is 8.60. The Bertz CT molecular complexity index is 407. The molecule has 0 aliphatic heterocycles. The van der Waals surface area contributed by atoms with E-state index in [-0.39, 0.29) is 11.1 Å². The van der Waals surface area contributed by atoms with Gasteiger partial charge in [0, 0.05) is 11.6 Å². The second-order valence-electron chi connectivity index (χ2n) is 4.16. The predicted molar refractivity (Wildman–Crippen MR) is 71.8 cm³/mol. The molecule has 1 rings (SSSR count). The third-order valence-electron chi connectivity index (χ3n) is 2.72. The van der Waals surface area contributed by atoms with Gasteiger partial charge in [-0.15, -0.1) is 6.58 Å². The molecule has 1 atom stereocenters. The monoisotopic (exact) mass is 273 g/mol. The molecule has 0 fully saturated rings. The van der Waals surface area contributed by atoms with E-state index in [4.69, 9.17) is 11.6 Å². The van der Waals surface area contributed by atoms with Crippen molar-refractivity contribution in [2.24, 2.45) is 0 Å². The number of allylic oxidation sites excluding steroid dienone is 1. The van der Waals surface area contributed by atoms with E-state index in [9.17, 15) is 8.78 Å². The number of nitrogens with one attached hydrogen (secondary N) is 1. The van der Waals surface area contributed by atoms with Crippen LogP contribution in [-0.4, -0.2) is 6.54 Å². The van der Waals surface area contributed by atoms with Crippen molar-refractivity contribution in [1.29, 1.82) is 0 Å². The van der Waals surface area contributed by atoms with Gasteiger partial charge >= 0.3 is 0 Å². The van der Waals surface area contributed by atoms with Crippen molar-refractivity contribution in [2.45, 2.75) is 32.2 Å². The summed E-state index contributed by atoms with van der Waals surface area (Å²) in [6.07, 6.45) is 4.12. The minimum absolute atomic E-state index is 0.186. The molecule has 0 spiro atoms. The molecule has 0 aromatic heterocycles. The zero-order valence-corrected chi connectivity index (χ0v) is 11.2. The fourth-order valence-electron chi connectivity index (χ4n) is 1.78. The van der Waals surface area contributed by atoms with Crippen LogP contribution in [0.5, 0.6) is 0 Å². The fourth-order valence-corrected chi connectivity index (χ4v) is 1.93. The van der Waals surface area contributed by atoms with Crippen LogP contribution in [0.15, 0.2) is 24.8 Å². The van der Waals surface area contributed by atoms with Gasteiger partial charge in [-0.1, -0.05) is 24.6 Å². The van der Waals surface area contributed by atoms with Crippen LogP contribution in [0, 0.1) is 11.6 Å². The lowest BCUT2D eigenvalue weighted by Crippen LogP contribution is -2.23. The zero-order valence-electron chi connectivity index (χ0n) is 10.5. The Labute approximate surface area is 112 Å². The Kier molecular flexibility index (Phi) is 6.30. The summed E-state index contributed by atoms with van der Waals surface area (Å²) in [4.78, 5) is 0. The maximum atomic E-state index is 13.8. The van der Waals surface area contributed by atoms with Gasteiger partial charge in [-0.05, 0) is 37.9 Å². The van der Waals surface area contributed by atoms with Crippen LogP contribution < -0.4 is 5.32 Å². The largest absolute Gasteiger partial charge is 0.310 e. The molecule has 100 valence electrons. The molecule has 18 heavy (non-hydrogen) atoms. The van der Waals surface area contributed by atoms with Crippen LogP contribution in [0.4, 0.5) is 8.78 Å². The molecule has 0 bridgehead atoms. The number of hydrogen-bond donors (Lipinski definition) is 1. The first-order valence-electron chi connectivity index (χ1n) is 6.08. The van der Waals surface area contributed by atoms with Gasteiger partial charge in [0.15, 0.2) is 0 Å². The number of hydrogen-bond acceptors (Lipinski definition) is 1. The van der Waals surface area contributed by atoms with Gasteiger partial charge in [-0.2, -0.15) is 0 Å². The molecule has 4 heteroatoms. The minimum atomic E-state index is -0.588. The molecule has 0 aliphatic rings. The van der Waals surface area contributed by atoms with E-state index < -0.39 is 11.6 Å². The third kappa shape index (κ3) is 4.07. The second-order valence-corrected chi connectivity index (χ2v) is 4.57. The van der Waals surface area contributed by atoms with Crippen LogP contribution in [0.1, 0.15) is 37.8 Å². The topological polar surface area (TPSA) is 12.0 Å². The molecule has 0 radical (unpaired) electrons. The summed E-state index contributed by atoms with van der Waals surface area (Å²) in [6.45, 7) is 6.42. The maximum absolute atomic E-state index is 13.8. The first-order valence-corrected chi connectivity index (χ1v) is 6.46. The van der Waals surface area contributed by atoms with E-state index >= 15 is 0 Å². The van der Waals surface area contributed by atoms with Crippen molar-refractivity contribution in [3.8, 4) is 0 Å². The highest BCUT2D eigenvalue weighted by Crippen LogP contribution is 2.26. The van der Waals surface area contributed by atoms with E-state index in [1.165, 1.54) is 6.07 Å². The molecule has 1 aromatic carbocycles. The highest BCUT2D eigenvalue weighted by Gasteiger charge is 2.17. The lowest BCUT2D eigenvalue weighted by molar-refractivity contribution is 0.471. The van der Waals surface area contributed by atoms with Crippen molar-refractivity contribution in [3.63, 3.8) is 0 Å². The highest BCUT2D eigenvalue weighted by atomic mass is 35.5. The summed E-state index contributed by atoms with van der Waals surface area (Å²) in [5.74, 6) is -1.06. The lowest BCUT2D eigenvalue weighted by Gasteiger charge is -2.19. The van der Waals surface area contributed by atoms with Gasteiger partial charge in [0.25, 0.3) is 0 Å². The quantitative estimate of drug-likeness (QED) is 0.564. The van der Waals surface area contributed by atoms with Gasteiger partial charge < -0.3 is 5.32 Å². The Balaban J connectivity index is 2.95. The molecule has 0 heterocycles. The Morgan fingerprint density at radius 2 is 2.11 bits per heavy atom. The Morgan fingerprint density at radius 3 is 2.72 bits per heavy atom. The summed E-state index contributed by atoms with van der Waals surface area (Å²) in [5, 5.41) is 3.02. The van der Waals surface area contributed by atoms with Gasteiger partial charge in [-0.3, -0.25) is 0 Å². The summed E-state index contributed by atoms with van der Waals surface area (Å²) in [6, 6.07) is 1.99. The Morgan fingerprint density at radius 1 is 1.39 bits per heavy atom.